The van der Waals surface area contributed by atoms with Gasteiger partial charge in [-0.05, 0) is 74.7 Å². The lowest BCUT2D eigenvalue weighted by molar-refractivity contribution is -0.145. The van der Waals surface area contributed by atoms with E-state index < -0.39 is 17.7 Å². The molecule has 0 aliphatic rings. The lowest BCUT2D eigenvalue weighted by atomic mass is 10.1. The topological polar surface area (TPSA) is 101 Å². The molecule has 2 aromatic carbocycles. The number of ether oxygens (including phenoxy) is 2. The second-order valence-electron chi connectivity index (χ2n) is 5.41. The third-order valence-corrected chi connectivity index (χ3v) is 4.56. The number of nitriles is 1. The Kier molecular flexibility index (Phi) is 8.30. The summed E-state index contributed by atoms with van der Waals surface area (Å²) in [4.78, 5) is 23.4. The molecule has 0 heterocycles. The molecule has 0 radical (unpaired) electrons. The van der Waals surface area contributed by atoms with Gasteiger partial charge < -0.3 is 9.47 Å². The molecular formula is C19H14Br2FN3O4. The molecule has 0 fully saturated rings. The number of carbonyl (C=O) groups excluding carboxylic acids is 2. The SMILES string of the molecule is CCOC(=O)COc1c(Br)cc(/C=N\NC(=O)c2ccc(C#N)cc2F)cc1Br. The van der Waals surface area contributed by atoms with Gasteiger partial charge in [-0.2, -0.15) is 10.4 Å². The molecule has 150 valence electrons. The number of hydrazone groups is 1. The van der Waals surface area contributed by atoms with Crippen LogP contribution in [0.5, 0.6) is 5.75 Å². The first-order valence-corrected chi connectivity index (χ1v) is 9.74. The molecule has 0 atom stereocenters. The molecule has 0 saturated heterocycles. The van der Waals surface area contributed by atoms with Crippen molar-refractivity contribution < 1.29 is 23.5 Å². The van der Waals surface area contributed by atoms with Crippen molar-refractivity contribution in [2.75, 3.05) is 13.2 Å². The second kappa shape index (κ2) is 10.7. The molecule has 2 rings (SSSR count). The van der Waals surface area contributed by atoms with E-state index in [2.05, 4.69) is 42.4 Å². The molecule has 0 aliphatic heterocycles. The number of hydrogen-bond acceptors (Lipinski definition) is 6. The van der Waals surface area contributed by atoms with E-state index in [1.807, 2.05) is 0 Å². The Morgan fingerprint density at radius 3 is 2.55 bits per heavy atom. The minimum Gasteiger partial charge on any atom is -0.480 e. The van der Waals surface area contributed by atoms with Crippen LogP contribution >= 0.6 is 31.9 Å². The van der Waals surface area contributed by atoms with Gasteiger partial charge >= 0.3 is 5.97 Å². The quantitative estimate of drug-likeness (QED) is 0.334. The van der Waals surface area contributed by atoms with E-state index in [1.54, 1.807) is 25.1 Å². The maximum absolute atomic E-state index is 13.8. The summed E-state index contributed by atoms with van der Waals surface area (Å²) in [5.74, 6) is -1.66. The lowest BCUT2D eigenvalue weighted by Gasteiger charge is -2.10. The third-order valence-electron chi connectivity index (χ3n) is 3.38. The fourth-order valence-electron chi connectivity index (χ4n) is 2.12. The first-order valence-electron chi connectivity index (χ1n) is 8.16. The normalized spacial score (nSPS) is 10.4. The van der Waals surface area contributed by atoms with Crippen LogP contribution in [0.1, 0.15) is 28.4 Å². The molecule has 0 bridgehead atoms. The Morgan fingerprint density at radius 1 is 1.28 bits per heavy atom. The van der Waals surface area contributed by atoms with Crippen LogP contribution in [-0.4, -0.2) is 31.3 Å². The van der Waals surface area contributed by atoms with Crippen molar-refractivity contribution in [2.45, 2.75) is 6.92 Å². The maximum Gasteiger partial charge on any atom is 0.344 e. The molecule has 1 N–H and O–H groups in total. The molecular weight excluding hydrogens is 513 g/mol. The largest absolute Gasteiger partial charge is 0.480 e. The number of nitrogens with zero attached hydrogens (tertiary/aromatic N) is 2. The summed E-state index contributed by atoms with van der Waals surface area (Å²) in [6.07, 6.45) is 1.35. The average molecular weight is 527 g/mol. The minimum atomic E-state index is -0.814. The van der Waals surface area contributed by atoms with Crippen LogP contribution in [0.3, 0.4) is 0 Å². The fourth-order valence-corrected chi connectivity index (χ4v) is 3.57. The van der Waals surface area contributed by atoms with Gasteiger partial charge in [0.05, 0.1) is 39.0 Å². The van der Waals surface area contributed by atoms with Crippen LogP contribution in [0.25, 0.3) is 0 Å². The van der Waals surface area contributed by atoms with Crippen LogP contribution in [0, 0.1) is 17.1 Å². The van der Waals surface area contributed by atoms with Crippen LogP contribution in [0.4, 0.5) is 4.39 Å². The minimum absolute atomic E-state index is 0.113. The second-order valence-corrected chi connectivity index (χ2v) is 7.12. The van der Waals surface area contributed by atoms with Gasteiger partial charge in [0, 0.05) is 0 Å². The van der Waals surface area contributed by atoms with E-state index in [1.165, 1.54) is 18.3 Å². The van der Waals surface area contributed by atoms with E-state index >= 15 is 0 Å². The van der Waals surface area contributed by atoms with Gasteiger partial charge in [-0.1, -0.05) is 0 Å². The Bertz CT molecular complexity index is 982. The van der Waals surface area contributed by atoms with Gasteiger partial charge in [-0.25, -0.2) is 14.6 Å². The summed E-state index contributed by atoms with van der Waals surface area (Å²) >= 11 is 6.67. The standard InChI is InChI=1S/C19H14Br2FN3O4/c1-2-28-17(26)10-29-18-14(20)5-12(6-15(18)21)9-24-25-19(27)13-4-3-11(8-23)7-16(13)22/h3-7,9H,2,10H2,1H3,(H,25,27)/b24-9-. The van der Waals surface area contributed by atoms with Crippen molar-refractivity contribution in [3.8, 4) is 11.8 Å². The van der Waals surface area contributed by atoms with Gasteiger partial charge in [0.2, 0.25) is 0 Å². The monoisotopic (exact) mass is 525 g/mol. The van der Waals surface area contributed by atoms with Crippen molar-refractivity contribution in [3.63, 3.8) is 0 Å². The zero-order valence-electron chi connectivity index (χ0n) is 15.0. The van der Waals surface area contributed by atoms with E-state index in [4.69, 9.17) is 14.7 Å². The third kappa shape index (κ3) is 6.37. The van der Waals surface area contributed by atoms with Crippen molar-refractivity contribution in [2.24, 2.45) is 5.10 Å². The smallest absolute Gasteiger partial charge is 0.344 e. The molecule has 0 aromatic heterocycles. The van der Waals surface area contributed by atoms with Gasteiger partial charge in [0.1, 0.15) is 11.6 Å². The number of halogens is 3. The average Bonchev–Trinajstić information content (AvgIpc) is 2.67. The molecule has 0 spiro atoms. The molecule has 7 nitrogen and oxygen atoms in total. The number of nitrogens with one attached hydrogen (secondary N) is 1. The van der Waals surface area contributed by atoms with Crippen molar-refractivity contribution >= 4 is 50.0 Å². The summed E-state index contributed by atoms with van der Waals surface area (Å²) in [6.45, 7) is 1.72. The van der Waals surface area contributed by atoms with E-state index in [-0.39, 0.29) is 24.3 Å². The molecule has 0 saturated carbocycles. The molecule has 0 unspecified atom stereocenters. The molecule has 0 aliphatic carbocycles. The Morgan fingerprint density at radius 2 is 1.97 bits per heavy atom. The van der Waals surface area contributed by atoms with Crippen LogP contribution in [-0.2, 0) is 9.53 Å². The van der Waals surface area contributed by atoms with Crippen molar-refractivity contribution in [1.82, 2.24) is 5.43 Å². The molecule has 29 heavy (non-hydrogen) atoms. The van der Waals surface area contributed by atoms with Gasteiger partial charge in [-0.3, -0.25) is 4.79 Å². The highest BCUT2D eigenvalue weighted by Crippen LogP contribution is 2.34. The summed E-state index contributed by atoms with van der Waals surface area (Å²) in [5.41, 5.74) is 2.69. The van der Waals surface area contributed by atoms with Gasteiger partial charge in [0.25, 0.3) is 5.91 Å². The Hall–Kier alpha value is -2.77. The van der Waals surface area contributed by atoms with Crippen LogP contribution in [0.2, 0.25) is 0 Å². The highest BCUT2D eigenvalue weighted by Gasteiger charge is 2.13. The zero-order chi connectivity index (χ0) is 21.4. The van der Waals surface area contributed by atoms with E-state index in [0.717, 1.165) is 6.07 Å². The number of esters is 1. The zero-order valence-corrected chi connectivity index (χ0v) is 18.2. The Labute approximate surface area is 182 Å². The van der Waals surface area contributed by atoms with Crippen molar-refractivity contribution in [3.05, 3.63) is 61.8 Å². The first-order chi connectivity index (χ1) is 13.8. The van der Waals surface area contributed by atoms with Gasteiger partial charge in [0.15, 0.2) is 6.61 Å². The molecule has 2 aromatic rings. The van der Waals surface area contributed by atoms with Crippen LogP contribution in [0.15, 0.2) is 44.4 Å². The predicted octanol–water partition coefficient (Wildman–Crippen LogP) is 3.93. The van der Waals surface area contributed by atoms with Crippen molar-refractivity contribution in [1.29, 1.82) is 5.26 Å². The summed E-state index contributed by atoms with van der Waals surface area (Å²) in [7, 11) is 0. The number of carbonyl (C=O) groups is 2. The highest BCUT2D eigenvalue weighted by atomic mass is 79.9. The van der Waals surface area contributed by atoms with Gasteiger partial charge in [-0.15, -0.1) is 0 Å². The lowest BCUT2D eigenvalue weighted by Crippen LogP contribution is -2.19. The summed E-state index contributed by atoms with van der Waals surface area (Å²) in [5, 5.41) is 12.5. The Balaban J connectivity index is 2.04. The summed E-state index contributed by atoms with van der Waals surface area (Å²) in [6, 6.07) is 8.62. The van der Waals surface area contributed by atoms with E-state index in [0.29, 0.717) is 20.3 Å². The van der Waals surface area contributed by atoms with E-state index in [9.17, 15) is 14.0 Å². The molecule has 1 amide bonds. The maximum atomic E-state index is 13.8. The number of rotatable bonds is 7. The predicted molar refractivity (Wildman–Crippen MR) is 110 cm³/mol. The fraction of sp³-hybridized carbons (Fsp3) is 0.158. The number of amides is 1. The first kappa shape index (κ1) is 22.5. The molecule has 10 heteroatoms. The van der Waals surface area contributed by atoms with Crippen LogP contribution < -0.4 is 10.2 Å². The number of hydrogen-bond donors (Lipinski definition) is 1. The highest BCUT2D eigenvalue weighted by molar-refractivity contribution is 9.11. The summed E-state index contributed by atoms with van der Waals surface area (Å²) < 4.78 is 25.2. The number of benzene rings is 2.